The molecule has 1 rings (SSSR count). The van der Waals surface area contributed by atoms with Gasteiger partial charge in [0.25, 0.3) is 0 Å². The van der Waals surface area contributed by atoms with Crippen LogP contribution in [-0.2, 0) is 9.59 Å². The number of nitrogens with one attached hydrogen (secondary N) is 2. The van der Waals surface area contributed by atoms with Crippen molar-refractivity contribution < 1.29 is 9.59 Å². The third kappa shape index (κ3) is 4.68. The molecule has 0 aliphatic heterocycles. The van der Waals surface area contributed by atoms with Gasteiger partial charge in [-0.1, -0.05) is 26.8 Å². The number of carbonyl (C=O) groups excluding carboxylic acids is 2. The van der Waals surface area contributed by atoms with E-state index in [-0.39, 0.29) is 11.8 Å². The molecule has 0 aromatic heterocycles. The first kappa shape index (κ1) is 16.2. The molecule has 1 unspecified atom stereocenters. The van der Waals surface area contributed by atoms with Crippen LogP contribution in [0.25, 0.3) is 0 Å². The Kier molecular flexibility index (Phi) is 4.93. The molecule has 1 aromatic carbocycles. The first-order valence-electron chi connectivity index (χ1n) is 6.79. The molecule has 0 radical (unpaired) electrons. The number of amides is 2. The zero-order valence-electron chi connectivity index (χ0n) is 13.1. The summed E-state index contributed by atoms with van der Waals surface area (Å²) in [6, 6.07) is 5.29. The molecule has 0 aliphatic rings. The van der Waals surface area contributed by atoms with E-state index in [0.717, 1.165) is 16.8 Å². The Bertz CT molecular complexity index is 495. The molecule has 4 heteroatoms. The van der Waals surface area contributed by atoms with Crippen LogP contribution in [0.15, 0.2) is 18.2 Å². The van der Waals surface area contributed by atoms with Gasteiger partial charge in [-0.25, -0.2) is 0 Å². The first-order valence-corrected chi connectivity index (χ1v) is 6.79. The predicted octanol–water partition coefficient (Wildman–Crippen LogP) is 2.79. The Labute approximate surface area is 121 Å². The highest BCUT2D eigenvalue weighted by Crippen LogP contribution is 2.15. The molecule has 1 aromatic rings. The standard InChI is InChI=1S/C16H24N2O2/c1-10-7-11(2)9-13(8-10)18-14(19)12(3)17-15(20)16(4,5)6/h7-9,12H,1-6H3,(H,17,20)(H,18,19). The molecule has 0 saturated carbocycles. The van der Waals surface area contributed by atoms with Gasteiger partial charge in [-0.15, -0.1) is 0 Å². The lowest BCUT2D eigenvalue weighted by Gasteiger charge is -2.21. The Balaban J connectivity index is 2.69. The Morgan fingerprint density at radius 3 is 2.00 bits per heavy atom. The molecule has 0 saturated heterocycles. The summed E-state index contributed by atoms with van der Waals surface area (Å²) < 4.78 is 0. The third-order valence-corrected chi connectivity index (χ3v) is 2.91. The lowest BCUT2D eigenvalue weighted by atomic mass is 9.95. The van der Waals surface area contributed by atoms with Crippen LogP contribution < -0.4 is 10.6 Å². The fourth-order valence-electron chi connectivity index (χ4n) is 1.78. The second-order valence-corrected chi connectivity index (χ2v) is 6.31. The van der Waals surface area contributed by atoms with E-state index in [1.807, 2.05) is 52.8 Å². The molecule has 0 bridgehead atoms. The average Bonchev–Trinajstić information content (AvgIpc) is 2.25. The van der Waals surface area contributed by atoms with Crippen molar-refractivity contribution in [2.24, 2.45) is 5.41 Å². The van der Waals surface area contributed by atoms with Gasteiger partial charge < -0.3 is 10.6 Å². The summed E-state index contributed by atoms with van der Waals surface area (Å²) in [5.74, 6) is -0.354. The second kappa shape index (κ2) is 6.07. The maximum atomic E-state index is 12.1. The maximum absolute atomic E-state index is 12.1. The van der Waals surface area contributed by atoms with Crippen LogP contribution >= 0.6 is 0 Å². The molecular weight excluding hydrogens is 252 g/mol. The lowest BCUT2D eigenvalue weighted by molar-refractivity contribution is -0.131. The molecular formula is C16H24N2O2. The fourth-order valence-corrected chi connectivity index (χ4v) is 1.78. The van der Waals surface area contributed by atoms with Crippen LogP contribution in [0.3, 0.4) is 0 Å². The first-order chi connectivity index (χ1) is 9.09. The Morgan fingerprint density at radius 2 is 1.55 bits per heavy atom. The van der Waals surface area contributed by atoms with Crippen molar-refractivity contribution in [3.05, 3.63) is 29.3 Å². The summed E-state index contributed by atoms with van der Waals surface area (Å²) in [5.41, 5.74) is 2.43. The minimum Gasteiger partial charge on any atom is -0.344 e. The zero-order valence-corrected chi connectivity index (χ0v) is 13.1. The molecule has 1 atom stereocenters. The van der Waals surface area contributed by atoms with Crippen LogP contribution in [0.4, 0.5) is 5.69 Å². The van der Waals surface area contributed by atoms with E-state index in [4.69, 9.17) is 0 Å². The van der Waals surface area contributed by atoms with Crippen molar-refractivity contribution in [3.63, 3.8) is 0 Å². The van der Waals surface area contributed by atoms with Crippen LogP contribution in [-0.4, -0.2) is 17.9 Å². The molecule has 110 valence electrons. The second-order valence-electron chi connectivity index (χ2n) is 6.31. The van der Waals surface area contributed by atoms with Gasteiger partial charge in [-0.3, -0.25) is 9.59 Å². The Hall–Kier alpha value is -1.84. The monoisotopic (exact) mass is 276 g/mol. The van der Waals surface area contributed by atoms with E-state index in [2.05, 4.69) is 10.6 Å². The van der Waals surface area contributed by atoms with E-state index in [1.165, 1.54) is 0 Å². The van der Waals surface area contributed by atoms with E-state index >= 15 is 0 Å². The van der Waals surface area contributed by atoms with E-state index in [9.17, 15) is 9.59 Å². The van der Waals surface area contributed by atoms with Crippen molar-refractivity contribution in [2.45, 2.75) is 47.6 Å². The molecule has 0 fully saturated rings. The topological polar surface area (TPSA) is 58.2 Å². The lowest BCUT2D eigenvalue weighted by Crippen LogP contribution is -2.46. The number of benzene rings is 1. The minimum atomic E-state index is -0.567. The highest BCUT2D eigenvalue weighted by atomic mass is 16.2. The number of hydrogen-bond acceptors (Lipinski definition) is 2. The smallest absolute Gasteiger partial charge is 0.246 e. The number of carbonyl (C=O) groups is 2. The largest absolute Gasteiger partial charge is 0.344 e. The van der Waals surface area contributed by atoms with Crippen molar-refractivity contribution in [3.8, 4) is 0 Å². The third-order valence-electron chi connectivity index (χ3n) is 2.91. The summed E-state index contributed by atoms with van der Waals surface area (Å²) in [4.78, 5) is 23.9. The summed E-state index contributed by atoms with van der Waals surface area (Å²) >= 11 is 0. The van der Waals surface area contributed by atoms with E-state index < -0.39 is 11.5 Å². The van der Waals surface area contributed by atoms with Gasteiger partial charge in [0.2, 0.25) is 11.8 Å². The number of anilines is 1. The van der Waals surface area contributed by atoms with Crippen LogP contribution in [0.5, 0.6) is 0 Å². The summed E-state index contributed by atoms with van der Waals surface area (Å²) in [6.45, 7) is 11.1. The molecule has 0 spiro atoms. The fraction of sp³-hybridized carbons (Fsp3) is 0.500. The number of aryl methyl sites for hydroxylation is 2. The maximum Gasteiger partial charge on any atom is 0.246 e. The van der Waals surface area contributed by atoms with Gasteiger partial charge in [-0.05, 0) is 44.0 Å². The molecule has 0 heterocycles. The highest BCUT2D eigenvalue weighted by molar-refractivity contribution is 5.97. The van der Waals surface area contributed by atoms with Crippen LogP contribution in [0.2, 0.25) is 0 Å². The van der Waals surface area contributed by atoms with Gasteiger partial charge in [-0.2, -0.15) is 0 Å². The molecule has 2 N–H and O–H groups in total. The molecule has 2 amide bonds. The van der Waals surface area contributed by atoms with Gasteiger partial charge >= 0.3 is 0 Å². The van der Waals surface area contributed by atoms with E-state index in [1.54, 1.807) is 6.92 Å². The van der Waals surface area contributed by atoms with Crippen molar-refractivity contribution in [1.29, 1.82) is 0 Å². The highest BCUT2D eigenvalue weighted by Gasteiger charge is 2.25. The van der Waals surface area contributed by atoms with Crippen LogP contribution in [0.1, 0.15) is 38.8 Å². The van der Waals surface area contributed by atoms with Crippen molar-refractivity contribution >= 4 is 17.5 Å². The minimum absolute atomic E-state index is 0.138. The normalized spacial score (nSPS) is 12.7. The zero-order chi connectivity index (χ0) is 15.5. The average molecular weight is 276 g/mol. The predicted molar refractivity (Wildman–Crippen MR) is 81.6 cm³/mol. The van der Waals surface area contributed by atoms with Gasteiger partial charge in [0.15, 0.2) is 0 Å². The van der Waals surface area contributed by atoms with Crippen molar-refractivity contribution in [2.75, 3.05) is 5.32 Å². The van der Waals surface area contributed by atoms with Gasteiger partial charge in [0.1, 0.15) is 6.04 Å². The molecule has 4 nitrogen and oxygen atoms in total. The summed E-state index contributed by atoms with van der Waals surface area (Å²) in [6.07, 6.45) is 0. The summed E-state index contributed by atoms with van der Waals surface area (Å²) in [7, 11) is 0. The Morgan fingerprint density at radius 1 is 1.05 bits per heavy atom. The van der Waals surface area contributed by atoms with Crippen molar-refractivity contribution in [1.82, 2.24) is 5.32 Å². The molecule has 0 aliphatic carbocycles. The van der Waals surface area contributed by atoms with Gasteiger partial charge in [0.05, 0.1) is 0 Å². The number of rotatable bonds is 3. The molecule has 20 heavy (non-hydrogen) atoms. The number of hydrogen-bond donors (Lipinski definition) is 2. The van der Waals surface area contributed by atoms with Crippen LogP contribution in [0, 0.1) is 19.3 Å². The SMILES string of the molecule is Cc1cc(C)cc(NC(=O)C(C)NC(=O)C(C)(C)C)c1. The van der Waals surface area contributed by atoms with Gasteiger partial charge in [0, 0.05) is 11.1 Å². The quantitative estimate of drug-likeness (QED) is 0.892. The van der Waals surface area contributed by atoms with E-state index in [0.29, 0.717) is 0 Å². The summed E-state index contributed by atoms with van der Waals surface area (Å²) in [5, 5.41) is 5.54.